The molecule has 12 heavy (non-hydrogen) atoms. The summed E-state index contributed by atoms with van der Waals surface area (Å²) in [7, 11) is 0. The normalized spacial score (nSPS) is 45.8. The highest BCUT2D eigenvalue weighted by Gasteiger charge is 2.39. The van der Waals surface area contributed by atoms with Gasteiger partial charge in [-0.1, -0.05) is 20.8 Å². The lowest BCUT2D eigenvalue weighted by Gasteiger charge is -2.37. The minimum absolute atomic E-state index is 0.670. The molecule has 70 valence electrons. The van der Waals surface area contributed by atoms with Crippen LogP contribution < -0.4 is 0 Å². The summed E-state index contributed by atoms with van der Waals surface area (Å²) in [5.41, 5.74) is 0.670. The average Bonchev–Trinajstić information content (AvgIpc) is 2.23. The summed E-state index contributed by atoms with van der Waals surface area (Å²) >= 11 is 0. The lowest BCUT2D eigenvalue weighted by atomic mass is 9.68. The quantitative estimate of drug-likeness (QED) is 0.555. The molecule has 0 nitrogen and oxygen atoms in total. The third kappa shape index (κ3) is 1.53. The molecule has 0 heterocycles. The highest BCUT2D eigenvalue weighted by atomic mass is 14.4. The minimum atomic E-state index is 0.670. The molecule has 1 atom stereocenters. The molecule has 2 fully saturated rings. The molecule has 0 spiro atoms. The minimum Gasteiger partial charge on any atom is -0.0625 e. The van der Waals surface area contributed by atoms with Crippen LogP contribution in [0.25, 0.3) is 0 Å². The zero-order chi connectivity index (χ0) is 8.77. The maximum atomic E-state index is 2.44. The standard InChI is InChI=1S/C12H22/c1-9-6-11(7-9)10-4-5-12(2,3)8-10/h9-11H,4-8H2,1-3H3. The Balaban J connectivity index is 1.84. The van der Waals surface area contributed by atoms with Gasteiger partial charge in [0.25, 0.3) is 0 Å². The molecule has 0 bridgehead atoms. The molecule has 0 aliphatic heterocycles. The van der Waals surface area contributed by atoms with E-state index in [1.54, 1.807) is 0 Å². The number of hydrogen-bond donors (Lipinski definition) is 0. The van der Waals surface area contributed by atoms with Gasteiger partial charge in [0.05, 0.1) is 0 Å². The van der Waals surface area contributed by atoms with Crippen LogP contribution in [-0.4, -0.2) is 0 Å². The van der Waals surface area contributed by atoms with Crippen molar-refractivity contribution in [2.75, 3.05) is 0 Å². The van der Waals surface area contributed by atoms with Gasteiger partial charge in [-0.15, -0.1) is 0 Å². The summed E-state index contributed by atoms with van der Waals surface area (Å²) in [4.78, 5) is 0. The molecule has 2 aliphatic rings. The smallest absolute Gasteiger partial charge is 0.0351 e. The lowest BCUT2D eigenvalue weighted by molar-refractivity contribution is 0.131. The Hall–Kier alpha value is 0. The van der Waals surface area contributed by atoms with Gasteiger partial charge in [0.2, 0.25) is 0 Å². The Kier molecular flexibility index (Phi) is 1.97. The fraction of sp³-hybridized carbons (Fsp3) is 1.00. The van der Waals surface area contributed by atoms with Crippen LogP contribution in [-0.2, 0) is 0 Å². The van der Waals surface area contributed by atoms with Crippen LogP contribution in [0.5, 0.6) is 0 Å². The Bertz CT molecular complexity index is 163. The molecule has 0 amide bonds. The van der Waals surface area contributed by atoms with Gasteiger partial charge in [-0.25, -0.2) is 0 Å². The van der Waals surface area contributed by atoms with Gasteiger partial charge in [-0.3, -0.25) is 0 Å². The molecule has 0 N–H and O–H groups in total. The zero-order valence-corrected chi connectivity index (χ0v) is 8.77. The van der Waals surface area contributed by atoms with Crippen molar-refractivity contribution in [3.63, 3.8) is 0 Å². The van der Waals surface area contributed by atoms with Gasteiger partial charge >= 0.3 is 0 Å². The highest BCUT2D eigenvalue weighted by Crippen LogP contribution is 2.50. The first-order valence-corrected chi connectivity index (χ1v) is 5.57. The Labute approximate surface area is 76.7 Å². The molecular weight excluding hydrogens is 144 g/mol. The first kappa shape index (κ1) is 8.59. The molecule has 0 radical (unpaired) electrons. The van der Waals surface area contributed by atoms with Crippen LogP contribution in [0.4, 0.5) is 0 Å². The van der Waals surface area contributed by atoms with E-state index in [4.69, 9.17) is 0 Å². The molecule has 2 rings (SSSR count). The van der Waals surface area contributed by atoms with Crippen molar-refractivity contribution in [3.05, 3.63) is 0 Å². The van der Waals surface area contributed by atoms with Crippen molar-refractivity contribution in [1.29, 1.82) is 0 Å². The van der Waals surface area contributed by atoms with Crippen molar-refractivity contribution in [1.82, 2.24) is 0 Å². The van der Waals surface area contributed by atoms with Crippen molar-refractivity contribution < 1.29 is 0 Å². The topological polar surface area (TPSA) is 0 Å². The summed E-state index contributed by atoms with van der Waals surface area (Å²) in [6.45, 7) is 7.28. The van der Waals surface area contributed by atoms with Gasteiger partial charge in [-0.2, -0.15) is 0 Å². The van der Waals surface area contributed by atoms with Gasteiger partial charge in [-0.05, 0) is 55.3 Å². The molecule has 0 aromatic heterocycles. The molecule has 0 aromatic rings. The van der Waals surface area contributed by atoms with Gasteiger partial charge < -0.3 is 0 Å². The SMILES string of the molecule is CC1CC(C2CCC(C)(C)C2)C1. The van der Waals surface area contributed by atoms with Crippen molar-refractivity contribution >= 4 is 0 Å². The van der Waals surface area contributed by atoms with E-state index in [0.717, 1.165) is 17.8 Å². The van der Waals surface area contributed by atoms with E-state index in [-0.39, 0.29) is 0 Å². The third-order valence-corrected chi connectivity index (χ3v) is 4.08. The molecule has 0 heteroatoms. The summed E-state index contributed by atoms with van der Waals surface area (Å²) in [5.74, 6) is 3.25. The Morgan fingerprint density at radius 3 is 2.17 bits per heavy atom. The highest BCUT2D eigenvalue weighted by molar-refractivity contribution is 4.90. The van der Waals surface area contributed by atoms with E-state index in [1.807, 2.05) is 0 Å². The fourth-order valence-corrected chi connectivity index (χ4v) is 3.24. The predicted molar refractivity (Wildman–Crippen MR) is 53.0 cm³/mol. The summed E-state index contributed by atoms with van der Waals surface area (Å²) < 4.78 is 0. The summed E-state index contributed by atoms with van der Waals surface area (Å²) in [5, 5.41) is 0. The van der Waals surface area contributed by atoms with E-state index in [0.29, 0.717) is 5.41 Å². The zero-order valence-electron chi connectivity index (χ0n) is 8.77. The lowest BCUT2D eigenvalue weighted by Crippen LogP contribution is -2.27. The van der Waals surface area contributed by atoms with Crippen molar-refractivity contribution in [3.8, 4) is 0 Å². The number of hydrogen-bond acceptors (Lipinski definition) is 0. The van der Waals surface area contributed by atoms with Crippen LogP contribution in [0.15, 0.2) is 0 Å². The van der Waals surface area contributed by atoms with Crippen molar-refractivity contribution in [2.24, 2.45) is 23.2 Å². The molecule has 1 unspecified atom stereocenters. The van der Waals surface area contributed by atoms with Crippen LogP contribution in [0.2, 0.25) is 0 Å². The molecule has 2 aliphatic carbocycles. The molecule has 2 saturated carbocycles. The van der Waals surface area contributed by atoms with Crippen molar-refractivity contribution in [2.45, 2.75) is 52.9 Å². The van der Waals surface area contributed by atoms with E-state index < -0.39 is 0 Å². The molecule has 0 aromatic carbocycles. The van der Waals surface area contributed by atoms with Crippen LogP contribution >= 0.6 is 0 Å². The second-order valence-electron chi connectivity index (χ2n) is 6.00. The summed E-state index contributed by atoms with van der Waals surface area (Å²) in [6.07, 6.45) is 7.55. The van der Waals surface area contributed by atoms with E-state index >= 15 is 0 Å². The van der Waals surface area contributed by atoms with Crippen LogP contribution in [0.3, 0.4) is 0 Å². The van der Waals surface area contributed by atoms with Crippen LogP contribution in [0.1, 0.15) is 52.9 Å². The maximum Gasteiger partial charge on any atom is -0.0351 e. The van der Waals surface area contributed by atoms with Gasteiger partial charge in [0.1, 0.15) is 0 Å². The maximum absolute atomic E-state index is 2.44. The van der Waals surface area contributed by atoms with E-state index in [9.17, 15) is 0 Å². The molecule has 0 saturated heterocycles. The Morgan fingerprint density at radius 2 is 1.75 bits per heavy atom. The first-order chi connectivity index (χ1) is 5.57. The monoisotopic (exact) mass is 166 g/mol. The fourth-order valence-electron chi connectivity index (χ4n) is 3.24. The Morgan fingerprint density at radius 1 is 1.08 bits per heavy atom. The van der Waals surface area contributed by atoms with Gasteiger partial charge in [0.15, 0.2) is 0 Å². The largest absolute Gasteiger partial charge is 0.0625 e. The first-order valence-electron chi connectivity index (χ1n) is 5.57. The van der Waals surface area contributed by atoms with E-state index in [1.165, 1.54) is 32.1 Å². The molecular formula is C12H22. The summed E-state index contributed by atoms with van der Waals surface area (Å²) in [6, 6.07) is 0. The average molecular weight is 166 g/mol. The van der Waals surface area contributed by atoms with E-state index in [2.05, 4.69) is 20.8 Å². The third-order valence-electron chi connectivity index (χ3n) is 4.08. The predicted octanol–water partition coefficient (Wildman–Crippen LogP) is 3.86. The number of rotatable bonds is 1. The van der Waals surface area contributed by atoms with Gasteiger partial charge in [0, 0.05) is 0 Å². The second-order valence-corrected chi connectivity index (χ2v) is 6.00. The van der Waals surface area contributed by atoms with Crippen LogP contribution in [0, 0.1) is 23.2 Å². The second kappa shape index (κ2) is 2.75.